The van der Waals surface area contributed by atoms with Crippen LogP contribution in [0.3, 0.4) is 0 Å². The maximum atomic E-state index is 13.6. The van der Waals surface area contributed by atoms with Crippen LogP contribution >= 0.6 is 15.9 Å². The molecule has 0 amide bonds. The number of benzene rings is 2. The average molecular weight is 336 g/mol. The van der Waals surface area contributed by atoms with Gasteiger partial charge in [-0.3, -0.25) is 0 Å². The Balaban J connectivity index is 2.37. The second-order valence-corrected chi connectivity index (χ2v) is 5.74. The van der Waals surface area contributed by atoms with E-state index in [4.69, 9.17) is 5.73 Å². The summed E-state index contributed by atoms with van der Waals surface area (Å²) in [4.78, 5) is 0. The zero-order valence-electron chi connectivity index (χ0n) is 11.8. The molecule has 0 heterocycles. The van der Waals surface area contributed by atoms with Gasteiger partial charge in [0.25, 0.3) is 0 Å². The summed E-state index contributed by atoms with van der Waals surface area (Å²) in [5, 5.41) is 0. The highest BCUT2D eigenvalue weighted by atomic mass is 79.9. The summed E-state index contributed by atoms with van der Waals surface area (Å²) in [6.45, 7) is 4.29. The van der Waals surface area contributed by atoms with Gasteiger partial charge in [-0.05, 0) is 63.2 Å². The van der Waals surface area contributed by atoms with Crippen LogP contribution in [0, 0.1) is 5.82 Å². The lowest BCUT2D eigenvalue weighted by Gasteiger charge is -2.16. The Hall–Kier alpha value is -1.19. The van der Waals surface area contributed by atoms with Gasteiger partial charge in [0.1, 0.15) is 5.82 Å². The molecule has 0 aliphatic carbocycles. The van der Waals surface area contributed by atoms with Crippen LogP contribution in [-0.2, 0) is 12.8 Å². The van der Waals surface area contributed by atoms with Gasteiger partial charge in [0.15, 0.2) is 0 Å². The van der Waals surface area contributed by atoms with E-state index in [1.165, 1.54) is 17.2 Å². The quantitative estimate of drug-likeness (QED) is 0.856. The van der Waals surface area contributed by atoms with Crippen molar-refractivity contribution in [2.75, 3.05) is 0 Å². The van der Waals surface area contributed by atoms with Gasteiger partial charge in [0, 0.05) is 0 Å². The molecule has 0 aliphatic rings. The van der Waals surface area contributed by atoms with E-state index in [9.17, 15) is 4.39 Å². The highest BCUT2D eigenvalue weighted by Gasteiger charge is 2.12. The van der Waals surface area contributed by atoms with Gasteiger partial charge >= 0.3 is 0 Å². The molecule has 2 rings (SSSR count). The minimum atomic E-state index is -0.297. The molecule has 0 fully saturated rings. The number of halogens is 2. The van der Waals surface area contributed by atoms with Crippen molar-refractivity contribution in [2.24, 2.45) is 5.73 Å². The topological polar surface area (TPSA) is 26.0 Å². The van der Waals surface area contributed by atoms with Crippen molar-refractivity contribution in [3.05, 3.63) is 68.9 Å². The second kappa shape index (κ2) is 6.51. The lowest BCUT2D eigenvalue weighted by molar-refractivity contribution is 0.617. The van der Waals surface area contributed by atoms with Crippen molar-refractivity contribution in [1.82, 2.24) is 0 Å². The smallest absolute Gasteiger partial charge is 0.137 e. The predicted molar refractivity (Wildman–Crippen MR) is 85.3 cm³/mol. The summed E-state index contributed by atoms with van der Waals surface area (Å²) in [6, 6.07) is 11.1. The van der Waals surface area contributed by atoms with Gasteiger partial charge in [-0.15, -0.1) is 0 Å². The van der Waals surface area contributed by atoms with Crippen LogP contribution in [0.4, 0.5) is 4.39 Å². The first-order valence-electron chi connectivity index (χ1n) is 6.89. The number of hydrogen-bond acceptors (Lipinski definition) is 1. The Morgan fingerprint density at radius 2 is 1.60 bits per heavy atom. The molecule has 20 heavy (non-hydrogen) atoms. The molecular formula is C17H19BrFN. The van der Waals surface area contributed by atoms with E-state index < -0.39 is 0 Å². The lowest BCUT2D eigenvalue weighted by atomic mass is 9.94. The third-order valence-electron chi connectivity index (χ3n) is 3.65. The number of rotatable bonds is 4. The monoisotopic (exact) mass is 335 g/mol. The van der Waals surface area contributed by atoms with Crippen molar-refractivity contribution < 1.29 is 4.39 Å². The molecule has 0 spiro atoms. The first-order valence-corrected chi connectivity index (χ1v) is 7.68. The van der Waals surface area contributed by atoms with Crippen molar-refractivity contribution >= 4 is 15.9 Å². The number of nitrogens with two attached hydrogens (primary N) is 1. The van der Waals surface area contributed by atoms with Gasteiger partial charge in [0.2, 0.25) is 0 Å². The molecule has 106 valence electrons. The molecule has 1 nitrogen and oxygen atoms in total. The van der Waals surface area contributed by atoms with Crippen LogP contribution in [-0.4, -0.2) is 0 Å². The molecule has 3 heteroatoms. The molecule has 2 aromatic carbocycles. The summed E-state index contributed by atoms with van der Waals surface area (Å²) < 4.78 is 14.1. The van der Waals surface area contributed by atoms with E-state index in [1.54, 1.807) is 6.07 Å². The SMILES string of the molecule is CCc1ccc(C(N)c2ccc(Br)c(F)c2)cc1CC. The molecule has 1 atom stereocenters. The minimum absolute atomic E-state index is 0.279. The fraction of sp³-hybridized carbons (Fsp3) is 0.294. The number of aryl methyl sites for hydroxylation is 2. The molecule has 1 unspecified atom stereocenters. The van der Waals surface area contributed by atoms with E-state index >= 15 is 0 Å². The van der Waals surface area contributed by atoms with E-state index in [-0.39, 0.29) is 11.9 Å². The van der Waals surface area contributed by atoms with E-state index in [1.807, 2.05) is 12.1 Å². The summed E-state index contributed by atoms with van der Waals surface area (Å²) in [5.74, 6) is -0.279. The molecule has 0 radical (unpaired) electrons. The fourth-order valence-corrected chi connectivity index (χ4v) is 2.66. The number of hydrogen-bond donors (Lipinski definition) is 1. The van der Waals surface area contributed by atoms with Gasteiger partial charge in [-0.1, -0.05) is 38.1 Å². The minimum Gasteiger partial charge on any atom is -0.320 e. The molecule has 2 N–H and O–H groups in total. The van der Waals surface area contributed by atoms with Gasteiger partial charge in [-0.2, -0.15) is 0 Å². The summed E-state index contributed by atoms with van der Waals surface area (Å²) in [7, 11) is 0. The van der Waals surface area contributed by atoms with Crippen molar-refractivity contribution in [2.45, 2.75) is 32.7 Å². The highest BCUT2D eigenvalue weighted by Crippen LogP contribution is 2.25. The molecule has 2 aromatic rings. The Morgan fingerprint density at radius 1 is 1.00 bits per heavy atom. The average Bonchev–Trinajstić information content (AvgIpc) is 2.48. The van der Waals surface area contributed by atoms with Crippen LogP contribution in [0.15, 0.2) is 40.9 Å². The zero-order valence-corrected chi connectivity index (χ0v) is 13.4. The first-order chi connectivity index (χ1) is 9.56. The van der Waals surface area contributed by atoms with Crippen LogP contribution in [0.5, 0.6) is 0 Å². The lowest BCUT2D eigenvalue weighted by Crippen LogP contribution is -2.13. The van der Waals surface area contributed by atoms with E-state index in [2.05, 4.69) is 41.9 Å². The maximum absolute atomic E-state index is 13.6. The largest absolute Gasteiger partial charge is 0.320 e. The van der Waals surface area contributed by atoms with Crippen LogP contribution in [0.25, 0.3) is 0 Å². The van der Waals surface area contributed by atoms with Crippen molar-refractivity contribution in [3.63, 3.8) is 0 Å². The van der Waals surface area contributed by atoms with Gasteiger partial charge < -0.3 is 5.73 Å². The Morgan fingerprint density at radius 3 is 2.20 bits per heavy atom. The van der Waals surface area contributed by atoms with E-state index in [0.717, 1.165) is 24.0 Å². The zero-order chi connectivity index (χ0) is 14.7. The normalized spacial score (nSPS) is 12.4. The fourth-order valence-electron chi connectivity index (χ4n) is 2.41. The molecule has 0 aromatic heterocycles. The first kappa shape index (κ1) is 15.2. The summed E-state index contributed by atoms with van der Waals surface area (Å²) in [5.41, 5.74) is 10.8. The van der Waals surface area contributed by atoms with Crippen molar-refractivity contribution in [3.8, 4) is 0 Å². The Bertz CT molecular complexity index is 610. The third kappa shape index (κ3) is 3.10. The standard InChI is InChI=1S/C17H19BrFN/c1-3-11-5-6-13(9-12(11)4-2)17(20)14-7-8-15(18)16(19)10-14/h5-10,17H,3-4,20H2,1-2H3. The highest BCUT2D eigenvalue weighted by molar-refractivity contribution is 9.10. The van der Waals surface area contributed by atoms with Gasteiger partial charge in [-0.25, -0.2) is 4.39 Å². The van der Waals surface area contributed by atoms with Crippen molar-refractivity contribution in [1.29, 1.82) is 0 Å². The van der Waals surface area contributed by atoms with Crippen LogP contribution < -0.4 is 5.73 Å². The van der Waals surface area contributed by atoms with E-state index in [0.29, 0.717) is 4.47 Å². The summed E-state index contributed by atoms with van der Waals surface area (Å²) >= 11 is 3.16. The molecule has 0 bridgehead atoms. The van der Waals surface area contributed by atoms with Crippen LogP contribution in [0.2, 0.25) is 0 Å². The maximum Gasteiger partial charge on any atom is 0.137 e. The second-order valence-electron chi connectivity index (χ2n) is 4.89. The molecular weight excluding hydrogens is 317 g/mol. The third-order valence-corrected chi connectivity index (χ3v) is 4.30. The Kier molecular flexibility index (Phi) is 4.95. The Labute approximate surface area is 128 Å². The molecule has 0 saturated heterocycles. The predicted octanol–water partition coefficient (Wildman–Crippen LogP) is 4.76. The van der Waals surface area contributed by atoms with Gasteiger partial charge in [0.05, 0.1) is 10.5 Å². The molecule has 0 saturated carbocycles. The summed E-state index contributed by atoms with van der Waals surface area (Å²) in [6.07, 6.45) is 2.00. The van der Waals surface area contributed by atoms with Crippen LogP contribution in [0.1, 0.15) is 42.1 Å². The molecule has 0 aliphatic heterocycles.